The number of likely N-dealkylation sites (tertiary alicyclic amines) is 1. The Morgan fingerprint density at radius 2 is 1.87 bits per heavy atom. The van der Waals surface area contributed by atoms with Crippen molar-refractivity contribution in [3.05, 3.63) is 35.6 Å². The summed E-state index contributed by atoms with van der Waals surface area (Å²) < 4.78 is 13.1. The van der Waals surface area contributed by atoms with E-state index >= 15 is 0 Å². The second-order valence-corrected chi connectivity index (χ2v) is 7.33. The molecule has 122 valence electrons. The molecule has 1 N–H and O–H groups in total. The van der Waals surface area contributed by atoms with Gasteiger partial charge in [-0.3, -0.25) is 9.59 Å². The van der Waals surface area contributed by atoms with Crippen molar-refractivity contribution in [1.82, 2.24) is 4.90 Å². The topological polar surface area (TPSA) is 57.6 Å². The fourth-order valence-electron chi connectivity index (χ4n) is 4.62. The van der Waals surface area contributed by atoms with Gasteiger partial charge in [0.15, 0.2) is 0 Å². The number of carboxylic acids is 1. The summed E-state index contributed by atoms with van der Waals surface area (Å²) in [6.07, 6.45) is 4.01. The molecule has 1 aromatic carbocycles. The van der Waals surface area contributed by atoms with Crippen molar-refractivity contribution in [3.63, 3.8) is 0 Å². The van der Waals surface area contributed by atoms with Gasteiger partial charge in [0.2, 0.25) is 5.91 Å². The lowest BCUT2D eigenvalue weighted by atomic mass is 9.81. The van der Waals surface area contributed by atoms with Gasteiger partial charge in [-0.1, -0.05) is 18.6 Å². The Bertz CT molecular complexity index is 667. The Hall–Kier alpha value is -1.91. The van der Waals surface area contributed by atoms with Crippen LogP contribution in [0.15, 0.2) is 24.3 Å². The van der Waals surface area contributed by atoms with E-state index in [9.17, 15) is 19.1 Å². The lowest BCUT2D eigenvalue weighted by Crippen LogP contribution is -2.41. The Morgan fingerprint density at radius 3 is 2.43 bits per heavy atom. The lowest BCUT2D eigenvalue weighted by molar-refractivity contribution is -0.149. The van der Waals surface area contributed by atoms with E-state index in [4.69, 9.17) is 0 Å². The van der Waals surface area contributed by atoms with Crippen molar-refractivity contribution in [2.75, 3.05) is 13.1 Å². The van der Waals surface area contributed by atoms with Gasteiger partial charge in [0, 0.05) is 13.1 Å². The van der Waals surface area contributed by atoms with Gasteiger partial charge in [0.05, 0.1) is 10.8 Å². The average molecular weight is 317 g/mol. The van der Waals surface area contributed by atoms with E-state index in [1.807, 2.05) is 0 Å². The van der Waals surface area contributed by atoms with E-state index in [1.165, 1.54) is 12.1 Å². The number of nitrogens with zero attached hydrogens (tertiary/aromatic N) is 1. The van der Waals surface area contributed by atoms with Crippen molar-refractivity contribution >= 4 is 11.9 Å². The Morgan fingerprint density at radius 1 is 1.17 bits per heavy atom. The monoisotopic (exact) mass is 317 g/mol. The molecule has 1 amide bonds. The first kappa shape index (κ1) is 14.7. The summed E-state index contributed by atoms with van der Waals surface area (Å²) in [6, 6.07) is 6.15. The summed E-state index contributed by atoms with van der Waals surface area (Å²) in [5, 5.41) is 9.66. The summed E-state index contributed by atoms with van der Waals surface area (Å²) >= 11 is 0. The molecule has 0 aromatic heterocycles. The first-order valence-corrected chi connectivity index (χ1v) is 8.27. The lowest BCUT2D eigenvalue weighted by Gasteiger charge is -2.26. The van der Waals surface area contributed by atoms with Crippen LogP contribution in [0.5, 0.6) is 0 Å². The highest BCUT2D eigenvalue weighted by atomic mass is 19.1. The third kappa shape index (κ3) is 2.02. The third-order valence-corrected chi connectivity index (χ3v) is 6.14. The van der Waals surface area contributed by atoms with Gasteiger partial charge in [-0.05, 0) is 49.3 Å². The van der Waals surface area contributed by atoms with Gasteiger partial charge >= 0.3 is 5.97 Å². The van der Waals surface area contributed by atoms with E-state index in [2.05, 4.69) is 0 Å². The molecule has 0 bridgehead atoms. The normalized spacial score (nSPS) is 31.0. The van der Waals surface area contributed by atoms with Crippen LogP contribution in [0.3, 0.4) is 0 Å². The number of fused-ring (bicyclic) bond motifs is 1. The molecule has 0 unspecified atom stereocenters. The zero-order valence-electron chi connectivity index (χ0n) is 12.9. The van der Waals surface area contributed by atoms with Gasteiger partial charge in [-0.25, -0.2) is 4.39 Å². The maximum Gasteiger partial charge on any atom is 0.311 e. The van der Waals surface area contributed by atoms with Crippen LogP contribution in [0.25, 0.3) is 0 Å². The van der Waals surface area contributed by atoms with E-state index < -0.39 is 16.8 Å². The number of rotatable bonds is 3. The Labute approximate surface area is 134 Å². The average Bonchev–Trinajstić information content (AvgIpc) is 3.09. The number of amides is 1. The molecule has 1 saturated heterocycles. The summed E-state index contributed by atoms with van der Waals surface area (Å²) in [7, 11) is 0. The van der Waals surface area contributed by atoms with Crippen molar-refractivity contribution in [2.24, 2.45) is 11.3 Å². The molecule has 3 aliphatic rings. The molecule has 2 aliphatic carbocycles. The number of carboxylic acid groups (broad SMARTS) is 1. The fraction of sp³-hybridized carbons (Fsp3) is 0.556. The second-order valence-electron chi connectivity index (χ2n) is 7.33. The van der Waals surface area contributed by atoms with Crippen molar-refractivity contribution in [1.29, 1.82) is 0 Å². The molecule has 4 nitrogen and oxygen atoms in total. The third-order valence-electron chi connectivity index (χ3n) is 6.14. The van der Waals surface area contributed by atoms with Crippen molar-refractivity contribution in [2.45, 2.75) is 37.5 Å². The zero-order chi connectivity index (χ0) is 16.2. The van der Waals surface area contributed by atoms with Crippen LogP contribution >= 0.6 is 0 Å². The quantitative estimate of drug-likeness (QED) is 0.932. The number of benzene rings is 1. The minimum Gasteiger partial charge on any atom is -0.481 e. The minimum absolute atomic E-state index is 0.0270. The summed E-state index contributed by atoms with van der Waals surface area (Å²) in [6.45, 7) is 0.878. The predicted octanol–water partition coefficient (Wildman–Crippen LogP) is 2.57. The highest BCUT2D eigenvalue weighted by Crippen LogP contribution is 2.54. The molecule has 0 radical (unpaired) electrons. The Balaban J connectivity index is 1.59. The maximum absolute atomic E-state index is 13.1. The number of carbonyl (C=O) groups excluding carboxylic acids is 1. The van der Waals surface area contributed by atoms with E-state index in [0.29, 0.717) is 19.5 Å². The van der Waals surface area contributed by atoms with Gasteiger partial charge in [-0.2, -0.15) is 0 Å². The number of aliphatic carboxylic acids is 1. The molecular formula is C18H20FNO3. The molecule has 1 heterocycles. The number of halogens is 1. The second kappa shape index (κ2) is 4.79. The van der Waals surface area contributed by atoms with Crippen LogP contribution in [0.2, 0.25) is 0 Å². The van der Waals surface area contributed by atoms with Gasteiger partial charge in [0.25, 0.3) is 0 Å². The molecule has 23 heavy (non-hydrogen) atoms. The number of carbonyl (C=O) groups is 2. The van der Waals surface area contributed by atoms with Crippen LogP contribution in [-0.4, -0.2) is 35.0 Å². The van der Waals surface area contributed by atoms with Crippen LogP contribution in [0.4, 0.5) is 4.39 Å². The predicted molar refractivity (Wildman–Crippen MR) is 81.3 cm³/mol. The molecule has 2 saturated carbocycles. The first-order chi connectivity index (χ1) is 11.0. The van der Waals surface area contributed by atoms with Crippen LogP contribution in [0.1, 0.15) is 37.7 Å². The summed E-state index contributed by atoms with van der Waals surface area (Å²) in [5.41, 5.74) is -0.439. The molecule has 0 spiro atoms. The summed E-state index contributed by atoms with van der Waals surface area (Å²) in [4.78, 5) is 26.6. The molecular weight excluding hydrogens is 297 g/mol. The summed E-state index contributed by atoms with van der Waals surface area (Å²) in [5.74, 6) is -0.966. The SMILES string of the molecule is O=C(N1C[C@@H]2CCC[C@@]2(C(=O)O)C1)C1(c2ccc(F)cc2)CC1. The number of hydrogen-bond donors (Lipinski definition) is 1. The molecule has 4 rings (SSSR count). The smallest absolute Gasteiger partial charge is 0.311 e. The van der Waals surface area contributed by atoms with Gasteiger partial charge < -0.3 is 10.0 Å². The van der Waals surface area contributed by atoms with Gasteiger partial charge in [-0.15, -0.1) is 0 Å². The van der Waals surface area contributed by atoms with Crippen molar-refractivity contribution < 1.29 is 19.1 Å². The molecule has 5 heteroatoms. The molecule has 2 atom stereocenters. The van der Waals surface area contributed by atoms with Gasteiger partial charge in [0.1, 0.15) is 5.82 Å². The van der Waals surface area contributed by atoms with Crippen LogP contribution in [0, 0.1) is 17.2 Å². The first-order valence-electron chi connectivity index (χ1n) is 8.27. The van der Waals surface area contributed by atoms with Crippen molar-refractivity contribution in [3.8, 4) is 0 Å². The largest absolute Gasteiger partial charge is 0.481 e. The highest BCUT2D eigenvalue weighted by molar-refractivity contribution is 5.92. The van der Waals surface area contributed by atoms with E-state index in [-0.39, 0.29) is 17.6 Å². The zero-order valence-corrected chi connectivity index (χ0v) is 12.9. The maximum atomic E-state index is 13.1. The highest BCUT2D eigenvalue weighted by Gasteiger charge is 2.60. The fourth-order valence-corrected chi connectivity index (χ4v) is 4.62. The van der Waals surface area contributed by atoms with Crippen LogP contribution < -0.4 is 0 Å². The van der Waals surface area contributed by atoms with Crippen LogP contribution in [-0.2, 0) is 15.0 Å². The van der Waals surface area contributed by atoms with E-state index in [0.717, 1.165) is 31.2 Å². The minimum atomic E-state index is -0.762. The van der Waals surface area contributed by atoms with E-state index in [1.54, 1.807) is 17.0 Å². The Kier molecular flexibility index (Phi) is 3.06. The molecule has 1 aromatic rings. The molecule has 3 fully saturated rings. The number of hydrogen-bond acceptors (Lipinski definition) is 2. The standard InChI is InChI=1S/C18H20FNO3/c19-14-5-3-12(4-6-14)17(8-9-17)15(21)20-10-13-2-1-7-18(13,11-20)16(22)23/h3-6,13H,1-2,7-11H2,(H,22,23)/t13-,18+/m0/s1. The molecule has 1 aliphatic heterocycles.